The molecule has 0 spiro atoms. The van der Waals surface area contributed by atoms with E-state index >= 15 is 0 Å². The molecule has 0 bridgehead atoms. The molecule has 1 aromatic rings. The molecule has 0 amide bonds. The summed E-state index contributed by atoms with van der Waals surface area (Å²) in [5.74, 6) is 0.662. The molecule has 0 aromatic heterocycles. The van der Waals surface area contributed by atoms with Crippen molar-refractivity contribution in [1.82, 2.24) is 4.90 Å². The number of benzene rings is 1. The van der Waals surface area contributed by atoms with Crippen LogP contribution in [0.4, 0.5) is 5.69 Å². The van der Waals surface area contributed by atoms with E-state index in [1.165, 1.54) is 43.7 Å². The molecule has 16 heavy (non-hydrogen) atoms. The van der Waals surface area contributed by atoms with Gasteiger partial charge in [-0.3, -0.25) is 0 Å². The average Bonchev–Trinajstić information content (AvgIpc) is 2.24. The Morgan fingerprint density at radius 1 is 1.38 bits per heavy atom. The van der Waals surface area contributed by atoms with Gasteiger partial charge in [0.2, 0.25) is 0 Å². The van der Waals surface area contributed by atoms with Crippen molar-refractivity contribution in [3.05, 3.63) is 28.8 Å². The predicted octanol–water partition coefficient (Wildman–Crippen LogP) is 2.94. The molecule has 86 valence electrons. The smallest absolute Gasteiger partial charge is 0.0640 e. The SMILES string of the molecule is Clc1cccc2c1NCCC2CN1CCC1. The third-order valence-electron chi connectivity index (χ3n) is 3.71. The molecular formula is C13H17ClN2. The van der Waals surface area contributed by atoms with Gasteiger partial charge >= 0.3 is 0 Å². The molecular weight excluding hydrogens is 220 g/mol. The monoisotopic (exact) mass is 236 g/mol. The molecule has 2 heterocycles. The number of hydrogen-bond donors (Lipinski definition) is 1. The molecule has 0 radical (unpaired) electrons. The summed E-state index contributed by atoms with van der Waals surface area (Å²) in [5.41, 5.74) is 2.58. The van der Waals surface area contributed by atoms with E-state index in [0.717, 1.165) is 11.6 Å². The van der Waals surface area contributed by atoms with Gasteiger partial charge < -0.3 is 10.2 Å². The van der Waals surface area contributed by atoms with Crippen molar-refractivity contribution in [2.24, 2.45) is 0 Å². The fraction of sp³-hybridized carbons (Fsp3) is 0.538. The molecule has 1 atom stereocenters. The highest BCUT2D eigenvalue weighted by atomic mass is 35.5. The summed E-state index contributed by atoms with van der Waals surface area (Å²) in [6, 6.07) is 6.26. The molecule has 3 heteroatoms. The third-order valence-corrected chi connectivity index (χ3v) is 4.02. The number of halogens is 1. The molecule has 2 aliphatic heterocycles. The molecule has 2 nitrogen and oxygen atoms in total. The van der Waals surface area contributed by atoms with Crippen LogP contribution in [-0.2, 0) is 0 Å². The third kappa shape index (κ3) is 1.80. The van der Waals surface area contributed by atoms with E-state index in [1.54, 1.807) is 0 Å². The summed E-state index contributed by atoms with van der Waals surface area (Å²) in [6.45, 7) is 4.81. The Bertz CT molecular complexity index is 388. The highest BCUT2D eigenvalue weighted by Gasteiger charge is 2.25. The minimum atomic E-state index is 0.662. The van der Waals surface area contributed by atoms with Crippen LogP contribution < -0.4 is 5.32 Å². The maximum atomic E-state index is 6.22. The van der Waals surface area contributed by atoms with Gasteiger partial charge in [0.1, 0.15) is 0 Å². The number of anilines is 1. The first-order valence-corrected chi connectivity index (χ1v) is 6.47. The van der Waals surface area contributed by atoms with Gasteiger partial charge in [0, 0.05) is 19.0 Å². The summed E-state index contributed by atoms with van der Waals surface area (Å²) in [7, 11) is 0. The van der Waals surface area contributed by atoms with E-state index in [2.05, 4.69) is 22.3 Å². The number of para-hydroxylation sites is 1. The van der Waals surface area contributed by atoms with Crippen LogP contribution in [-0.4, -0.2) is 31.1 Å². The van der Waals surface area contributed by atoms with Crippen LogP contribution in [0, 0.1) is 0 Å². The van der Waals surface area contributed by atoms with Crippen LogP contribution in [0.15, 0.2) is 18.2 Å². The first kappa shape index (κ1) is 10.4. The van der Waals surface area contributed by atoms with Gasteiger partial charge in [0.15, 0.2) is 0 Å². The van der Waals surface area contributed by atoms with Crippen molar-refractivity contribution >= 4 is 17.3 Å². The molecule has 2 aliphatic rings. The van der Waals surface area contributed by atoms with Gasteiger partial charge in [0.25, 0.3) is 0 Å². The van der Waals surface area contributed by atoms with Crippen molar-refractivity contribution < 1.29 is 0 Å². The molecule has 0 aliphatic carbocycles. The quantitative estimate of drug-likeness (QED) is 0.850. The summed E-state index contributed by atoms with van der Waals surface area (Å²) in [4.78, 5) is 2.54. The molecule has 0 saturated carbocycles. The van der Waals surface area contributed by atoms with Gasteiger partial charge in [-0.1, -0.05) is 23.7 Å². The highest BCUT2D eigenvalue weighted by Crippen LogP contribution is 2.37. The summed E-state index contributed by atoms with van der Waals surface area (Å²) in [6.07, 6.45) is 2.59. The molecule has 1 aromatic carbocycles. The number of nitrogens with zero attached hydrogens (tertiary/aromatic N) is 1. The van der Waals surface area contributed by atoms with E-state index in [0.29, 0.717) is 5.92 Å². The average molecular weight is 237 g/mol. The van der Waals surface area contributed by atoms with E-state index < -0.39 is 0 Å². The Balaban J connectivity index is 1.84. The Morgan fingerprint density at radius 2 is 2.25 bits per heavy atom. The Labute approximate surface area is 102 Å². The largest absolute Gasteiger partial charge is 0.384 e. The van der Waals surface area contributed by atoms with E-state index in [4.69, 9.17) is 11.6 Å². The molecule has 1 unspecified atom stereocenters. The van der Waals surface area contributed by atoms with Crippen molar-refractivity contribution in [3.8, 4) is 0 Å². The van der Waals surface area contributed by atoms with Crippen molar-refractivity contribution in [1.29, 1.82) is 0 Å². The first-order valence-electron chi connectivity index (χ1n) is 6.09. The zero-order chi connectivity index (χ0) is 11.0. The van der Waals surface area contributed by atoms with Crippen LogP contribution in [0.5, 0.6) is 0 Å². The van der Waals surface area contributed by atoms with Gasteiger partial charge in [-0.25, -0.2) is 0 Å². The second kappa shape index (κ2) is 4.27. The second-order valence-corrected chi connectivity index (χ2v) is 5.18. The van der Waals surface area contributed by atoms with Gasteiger partial charge in [-0.05, 0) is 37.6 Å². The molecule has 3 rings (SSSR count). The van der Waals surface area contributed by atoms with Gasteiger partial charge in [-0.15, -0.1) is 0 Å². The summed E-state index contributed by atoms with van der Waals surface area (Å²) >= 11 is 6.22. The topological polar surface area (TPSA) is 15.3 Å². The minimum absolute atomic E-state index is 0.662. The lowest BCUT2D eigenvalue weighted by Gasteiger charge is -2.36. The maximum absolute atomic E-state index is 6.22. The summed E-state index contributed by atoms with van der Waals surface area (Å²) in [5, 5.41) is 4.29. The van der Waals surface area contributed by atoms with Crippen molar-refractivity contribution in [2.45, 2.75) is 18.8 Å². The number of fused-ring (bicyclic) bond motifs is 1. The predicted molar refractivity (Wildman–Crippen MR) is 68.4 cm³/mol. The van der Waals surface area contributed by atoms with E-state index in [-0.39, 0.29) is 0 Å². The van der Waals surface area contributed by atoms with Crippen LogP contribution >= 0.6 is 11.6 Å². The lowest BCUT2D eigenvalue weighted by molar-refractivity contribution is 0.167. The van der Waals surface area contributed by atoms with Crippen LogP contribution in [0.2, 0.25) is 5.02 Å². The molecule has 1 N–H and O–H groups in total. The Morgan fingerprint density at radius 3 is 3.00 bits per heavy atom. The van der Waals surface area contributed by atoms with Crippen LogP contribution in [0.25, 0.3) is 0 Å². The molecule has 1 fully saturated rings. The fourth-order valence-corrected chi connectivity index (χ4v) is 2.91. The normalized spacial score (nSPS) is 24.4. The van der Waals surface area contributed by atoms with Crippen LogP contribution in [0.3, 0.4) is 0 Å². The zero-order valence-corrected chi connectivity index (χ0v) is 10.1. The standard InChI is InChI=1S/C13H17ClN2/c14-12-4-1-3-11-10(5-6-15-13(11)12)9-16-7-2-8-16/h1,3-4,10,15H,2,5-9H2. The van der Waals surface area contributed by atoms with Gasteiger partial charge in [-0.2, -0.15) is 0 Å². The maximum Gasteiger partial charge on any atom is 0.0640 e. The number of rotatable bonds is 2. The Kier molecular flexibility index (Phi) is 2.78. The summed E-state index contributed by atoms with van der Waals surface area (Å²) < 4.78 is 0. The lowest BCUT2D eigenvalue weighted by atomic mass is 9.90. The lowest BCUT2D eigenvalue weighted by Crippen LogP contribution is -2.40. The van der Waals surface area contributed by atoms with E-state index in [1.807, 2.05) is 6.07 Å². The van der Waals surface area contributed by atoms with Crippen molar-refractivity contribution in [3.63, 3.8) is 0 Å². The zero-order valence-electron chi connectivity index (χ0n) is 9.38. The first-order chi connectivity index (χ1) is 7.84. The van der Waals surface area contributed by atoms with E-state index in [9.17, 15) is 0 Å². The number of hydrogen-bond acceptors (Lipinski definition) is 2. The van der Waals surface area contributed by atoms with Crippen LogP contribution in [0.1, 0.15) is 24.3 Å². The number of nitrogens with one attached hydrogen (secondary N) is 1. The highest BCUT2D eigenvalue weighted by molar-refractivity contribution is 6.33. The van der Waals surface area contributed by atoms with Gasteiger partial charge in [0.05, 0.1) is 10.7 Å². The molecule has 1 saturated heterocycles. The fourth-order valence-electron chi connectivity index (χ4n) is 2.66. The minimum Gasteiger partial charge on any atom is -0.384 e. The Hall–Kier alpha value is -0.730. The van der Waals surface area contributed by atoms with Crippen molar-refractivity contribution in [2.75, 3.05) is 31.5 Å². The number of likely N-dealkylation sites (tertiary alicyclic amines) is 1. The second-order valence-electron chi connectivity index (χ2n) is 4.77.